The Morgan fingerprint density at radius 2 is 1.59 bits per heavy atom. The lowest BCUT2D eigenvalue weighted by Crippen LogP contribution is -2.41. The molecule has 0 spiro atoms. The van der Waals surface area contributed by atoms with Gasteiger partial charge in [0, 0.05) is 0 Å². The molecule has 1 fully saturated rings. The van der Waals surface area contributed by atoms with E-state index in [0.29, 0.717) is 17.8 Å². The molecule has 0 radical (unpaired) electrons. The number of hydrogen-bond donors (Lipinski definition) is 1. The van der Waals surface area contributed by atoms with E-state index in [-0.39, 0.29) is 17.5 Å². The molecule has 4 rings (SSSR count). The highest BCUT2D eigenvalue weighted by atomic mass is 16.5. The van der Waals surface area contributed by atoms with Gasteiger partial charge in [-0.2, -0.15) is 0 Å². The Bertz CT molecular complexity index is 1030. The Morgan fingerprint density at radius 1 is 1.00 bits per heavy atom. The second-order valence-corrected chi connectivity index (χ2v) is 11.8. The Labute approximate surface area is 205 Å². The van der Waals surface area contributed by atoms with Crippen LogP contribution in [0.2, 0.25) is 0 Å². The fourth-order valence-electron chi connectivity index (χ4n) is 6.19. The topological polar surface area (TPSA) is 46.5 Å². The number of rotatable bonds is 6. The quantitative estimate of drug-likeness (QED) is 0.463. The number of esters is 1. The van der Waals surface area contributed by atoms with Gasteiger partial charge in [0.1, 0.15) is 17.6 Å². The minimum atomic E-state index is -1.16. The van der Waals surface area contributed by atoms with Crippen molar-refractivity contribution >= 4 is 11.5 Å². The van der Waals surface area contributed by atoms with E-state index in [0.717, 1.165) is 35.1 Å². The number of aliphatic hydroxyl groups excluding tert-OH is 1. The number of hydrogen-bond acceptors (Lipinski definition) is 3. The lowest BCUT2D eigenvalue weighted by Gasteiger charge is -2.38. The summed E-state index contributed by atoms with van der Waals surface area (Å²) in [6.45, 7) is 13.1. The van der Waals surface area contributed by atoms with E-state index in [1.807, 2.05) is 60.7 Å². The van der Waals surface area contributed by atoms with Gasteiger partial charge in [-0.25, -0.2) is 0 Å². The molecule has 3 nitrogen and oxygen atoms in total. The van der Waals surface area contributed by atoms with Crippen LogP contribution in [0.4, 0.5) is 0 Å². The summed E-state index contributed by atoms with van der Waals surface area (Å²) in [6, 6.07) is 19.6. The first-order chi connectivity index (χ1) is 16.1. The molecule has 2 aromatic carbocycles. The van der Waals surface area contributed by atoms with Crippen LogP contribution in [0.5, 0.6) is 0 Å². The molecule has 3 heteroatoms. The molecule has 5 atom stereocenters. The largest absolute Gasteiger partial charge is 0.461 e. The number of carbonyl (C=O) groups excluding carboxylic acids is 1. The maximum atomic E-state index is 14.3. The first-order valence-electron chi connectivity index (χ1n) is 12.8. The summed E-state index contributed by atoms with van der Waals surface area (Å²) in [6.07, 6.45) is 2.03. The van der Waals surface area contributed by atoms with E-state index in [1.54, 1.807) is 0 Å². The van der Waals surface area contributed by atoms with Gasteiger partial charge in [-0.3, -0.25) is 4.79 Å². The van der Waals surface area contributed by atoms with Gasteiger partial charge >= 0.3 is 5.97 Å². The first kappa shape index (κ1) is 24.7. The normalized spacial score (nSPS) is 28.1. The van der Waals surface area contributed by atoms with E-state index in [2.05, 4.69) is 41.5 Å². The smallest absolute Gasteiger partial charge is 0.324 e. The standard InChI is InChI=1S/C31H40O3/c1-20(2)24-18-17-21(3)19-25(24)34-29(33)31(28(32)23-15-11-8-12-16-23)26(27(31)30(4,5)6)22-13-9-7-10-14-22/h7-16,20-21,24-25,28,32H,17-19H2,1-6H3/t21-,24+,25-,28+,31+/m1/s1. The van der Waals surface area contributed by atoms with Gasteiger partial charge in [-0.05, 0) is 58.3 Å². The summed E-state index contributed by atoms with van der Waals surface area (Å²) in [5.41, 5.74) is 2.17. The molecular formula is C31H40O3. The lowest BCUT2D eigenvalue weighted by atomic mass is 9.75. The van der Waals surface area contributed by atoms with E-state index >= 15 is 0 Å². The molecule has 0 saturated heterocycles. The van der Waals surface area contributed by atoms with Crippen LogP contribution in [0.3, 0.4) is 0 Å². The molecule has 0 amide bonds. The van der Waals surface area contributed by atoms with E-state index < -0.39 is 11.5 Å². The molecule has 0 aliphatic heterocycles. The van der Waals surface area contributed by atoms with Gasteiger partial charge in [-0.15, -0.1) is 0 Å². The predicted molar refractivity (Wildman–Crippen MR) is 138 cm³/mol. The molecule has 182 valence electrons. The van der Waals surface area contributed by atoms with Crippen molar-refractivity contribution in [3.63, 3.8) is 0 Å². The van der Waals surface area contributed by atoms with Gasteiger partial charge in [0.15, 0.2) is 0 Å². The molecule has 0 aromatic heterocycles. The fraction of sp³-hybridized carbons (Fsp3) is 0.516. The highest BCUT2D eigenvalue weighted by Crippen LogP contribution is 2.70. The number of carbonyl (C=O) groups is 1. The third kappa shape index (κ3) is 4.35. The molecule has 2 aromatic rings. The number of ether oxygens (including phenoxy) is 1. The average Bonchev–Trinajstić information content (AvgIpc) is 3.52. The molecule has 0 unspecified atom stereocenters. The highest BCUT2D eigenvalue weighted by Gasteiger charge is 2.68. The maximum Gasteiger partial charge on any atom is 0.324 e. The van der Waals surface area contributed by atoms with Gasteiger partial charge in [0.25, 0.3) is 0 Å². The van der Waals surface area contributed by atoms with Crippen LogP contribution in [0.1, 0.15) is 78.0 Å². The zero-order valence-electron chi connectivity index (χ0n) is 21.5. The van der Waals surface area contributed by atoms with Gasteiger partial charge < -0.3 is 9.84 Å². The van der Waals surface area contributed by atoms with E-state index in [1.165, 1.54) is 6.42 Å². The molecular weight excluding hydrogens is 420 g/mol. The summed E-state index contributed by atoms with van der Waals surface area (Å²) < 4.78 is 6.44. The molecule has 2 aliphatic carbocycles. The van der Waals surface area contributed by atoms with Gasteiger partial charge in [0.05, 0.1) is 0 Å². The molecule has 1 saturated carbocycles. The summed E-state index contributed by atoms with van der Waals surface area (Å²) in [5.74, 6) is 1.04. The van der Waals surface area contributed by atoms with Crippen LogP contribution in [0.25, 0.3) is 5.57 Å². The molecule has 0 bridgehead atoms. The van der Waals surface area contributed by atoms with Crippen molar-refractivity contribution in [1.82, 2.24) is 0 Å². The zero-order valence-corrected chi connectivity index (χ0v) is 21.5. The van der Waals surface area contributed by atoms with Crippen LogP contribution in [-0.2, 0) is 9.53 Å². The summed E-state index contributed by atoms with van der Waals surface area (Å²) in [4.78, 5) is 14.3. The van der Waals surface area contributed by atoms with Crippen molar-refractivity contribution in [2.45, 2.75) is 73.0 Å². The van der Waals surface area contributed by atoms with Crippen LogP contribution in [0, 0.1) is 28.6 Å². The van der Waals surface area contributed by atoms with Crippen molar-refractivity contribution in [3.8, 4) is 0 Å². The molecule has 34 heavy (non-hydrogen) atoms. The van der Waals surface area contributed by atoms with Crippen LogP contribution >= 0.6 is 0 Å². The van der Waals surface area contributed by atoms with Crippen molar-refractivity contribution < 1.29 is 14.6 Å². The van der Waals surface area contributed by atoms with Gasteiger partial charge in [0.2, 0.25) is 0 Å². The van der Waals surface area contributed by atoms with Crippen molar-refractivity contribution in [1.29, 1.82) is 0 Å². The monoisotopic (exact) mass is 460 g/mol. The lowest BCUT2D eigenvalue weighted by molar-refractivity contribution is -0.166. The van der Waals surface area contributed by atoms with Crippen LogP contribution < -0.4 is 0 Å². The summed E-state index contributed by atoms with van der Waals surface area (Å²) >= 11 is 0. The highest BCUT2D eigenvalue weighted by molar-refractivity contribution is 6.10. The first-order valence-corrected chi connectivity index (χ1v) is 12.8. The Morgan fingerprint density at radius 3 is 2.15 bits per heavy atom. The van der Waals surface area contributed by atoms with E-state index in [4.69, 9.17) is 4.74 Å². The minimum absolute atomic E-state index is 0.116. The Kier molecular flexibility index (Phi) is 6.79. The molecule has 1 N–H and O–H groups in total. The second-order valence-electron chi connectivity index (χ2n) is 11.8. The maximum absolute atomic E-state index is 14.3. The summed E-state index contributed by atoms with van der Waals surface area (Å²) in [7, 11) is 0. The van der Waals surface area contributed by atoms with Crippen LogP contribution in [0.15, 0.2) is 66.2 Å². The fourth-order valence-corrected chi connectivity index (χ4v) is 6.19. The van der Waals surface area contributed by atoms with E-state index in [9.17, 15) is 9.90 Å². The van der Waals surface area contributed by atoms with Crippen molar-refractivity contribution in [2.24, 2.45) is 28.6 Å². The third-order valence-corrected chi connectivity index (χ3v) is 7.86. The van der Waals surface area contributed by atoms with Crippen molar-refractivity contribution in [2.75, 3.05) is 0 Å². The van der Waals surface area contributed by atoms with Crippen LogP contribution in [-0.4, -0.2) is 17.2 Å². The minimum Gasteiger partial charge on any atom is -0.461 e. The zero-order chi connectivity index (χ0) is 24.7. The average molecular weight is 461 g/mol. The van der Waals surface area contributed by atoms with Crippen molar-refractivity contribution in [3.05, 3.63) is 77.4 Å². The second kappa shape index (κ2) is 9.34. The summed E-state index contributed by atoms with van der Waals surface area (Å²) in [5, 5.41) is 11.9. The van der Waals surface area contributed by atoms with Gasteiger partial charge in [-0.1, -0.05) is 109 Å². The molecule has 2 aliphatic rings. The Balaban J connectivity index is 1.79. The molecule has 0 heterocycles. The SMILES string of the molecule is CC(C)[C@@H]1CC[C@@H](C)C[C@H]1OC(=O)[C@@]1([C@@H](O)c2ccccc2)C(c2ccccc2)=C1C(C)(C)C. The Hall–Kier alpha value is -2.39. The predicted octanol–water partition coefficient (Wildman–Crippen LogP) is 7.22. The number of benzene rings is 2. The number of aliphatic hydroxyl groups is 1. The third-order valence-electron chi connectivity index (χ3n) is 7.86.